The molecule has 3 heterocycles. The highest BCUT2D eigenvalue weighted by Gasteiger charge is 2.38. The van der Waals surface area contributed by atoms with Gasteiger partial charge in [-0.1, -0.05) is 42.5 Å². The number of nitrogens with zero attached hydrogens (tertiary/aromatic N) is 3. The van der Waals surface area contributed by atoms with Gasteiger partial charge in [0.1, 0.15) is 0 Å². The molecule has 2 unspecified atom stereocenters. The molecule has 1 aliphatic heterocycles. The summed E-state index contributed by atoms with van der Waals surface area (Å²) in [6, 6.07) is 17.4. The number of amides is 1. The van der Waals surface area contributed by atoms with E-state index in [0.29, 0.717) is 49.7 Å². The Hall–Kier alpha value is -3.33. The predicted octanol–water partition coefficient (Wildman–Crippen LogP) is 4.75. The van der Waals surface area contributed by atoms with E-state index in [2.05, 4.69) is 35.6 Å². The smallest absolute Gasteiger partial charge is 0.262 e. The SMILES string of the molecule is CNC1Cc2ccc(-c3scc4c(=O)n(CC5(O)CCN(C(=O)CC(c6ccccc6)C6CC6)CC5)cnc34)cc2C1. The predicted molar refractivity (Wildman–Crippen MR) is 167 cm³/mol. The van der Waals surface area contributed by atoms with Crippen molar-refractivity contribution in [2.45, 2.75) is 69.1 Å². The van der Waals surface area contributed by atoms with E-state index >= 15 is 0 Å². The van der Waals surface area contributed by atoms with Crippen molar-refractivity contribution in [2.75, 3.05) is 20.1 Å². The van der Waals surface area contributed by atoms with E-state index in [1.165, 1.54) is 29.5 Å². The fourth-order valence-corrected chi connectivity index (χ4v) is 7.95. The van der Waals surface area contributed by atoms with Crippen LogP contribution in [0.5, 0.6) is 0 Å². The summed E-state index contributed by atoms with van der Waals surface area (Å²) in [5.74, 6) is 1.03. The number of benzene rings is 2. The molecule has 2 atom stereocenters. The number of nitrogens with one attached hydrogen (secondary N) is 1. The quantitative estimate of drug-likeness (QED) is 0.313. The summed E-state index contributed by atoms with van der Waals surface area (Å²) in [6.07, 6.45) is 7.43. The summed E-state index contributed by atoms with van der Waals surface area (Å²) >= 11 is 1.55. The van der Waals surface area contributed by atoms with Crippen molar-refractivity contribution < 1.29 is 9.90 Å². The first kappa shape index (κ1) is 27.5. The zero-order valence-electron chi connectivity index (χ0n) is 24.1. The van der Waals surface area contributed by atoms with E-state index < -0.39 is 5.60 Å². The van der Waals surface area contributed by atoms with E-state index in [9.17, 15) is 14.7 Å². The van der Waals surface area contributed by atoms with Crippen LogP contribution in [0.25, 0.3) is 21.3 Å². The highest BCUT2D eigenvalue weighted by Crippen LogP contribution is 2.45. The van der Waals surface area contributed by atoms with Gasteiger partial charge >= 0.3 is 0 Å². The van der Waals surface area contributed by atoms with Crippen LogP contribution >= 0.6 is 11.3 Å². The summed E-state index contributed by atoms with van der Waals surface area (Å²) in [4.78, 5) is 34.4. The number of aliphatic hydroxyl groups is 1. The number of hydrogen-bond donors (Lipinski definition) is 2. The van der Waals surface area contributed by atoms with Crippen molar-refractivity contribution in [3.8, 4) is 10.4 Å². The van der Waals surface area contributed by atoms with Crippen molar-refractivity contribution in [1.82, 2.24) is 19.8 Å². The van der Waals surface area contributed by atoms with Gasteiger partial charge in [-0.15, -0.1) is 11.3 Å². The molecule has 0 spiro atoms. The molecule has 1 saturated carbocycles. The fourth-order valence-electron chi connectivity index (χ4n) is 6.97. The first-order valence-corrected chi connectivity index (χ1v) is 16.1. The summed E-state index contributed by atoms with van der Waals surface area (Å²) < 4.78 is 1.55. The van der Waals surface area contributed by atoms with Crippen LogP contribution < -0.4 is 10.9 Å². The Morgan fingerprint density at radius 3 is 2.62 bits per heavy atom. The number of carbonyl (C=O) groups is 1. The summed E-state index contributed by atoms with van der Waals surface area (Å²) in [7, 11) is 2.01. The number of likely N-dealkylation sites (N-methyl/N-ethyl adjacent to an activating group) is 1. The second-order valence-corrected chi connectivity index (χ2v) is 13.4. The molecule has 42 heavy (non-hydrogen) atoms. The van der Waals surface area contributed by atoms with Crippen LogP contribution in [0.2, 0.25) is 0 Å². The second kappa shape index (κ2) is 11.1. The lowest BCUT2D eigenvalue weighted by molar-refractivity contribution is -0.136. The largest absolute Gasteiger partial charge is 0.388 e. The van der Waals surface area contributed by atoms with Crippen LogP contribution in [-0.4, -0.2) is 57.2 Å². The third-order valence-corrected chi connectivity index (χ3v) is 10.7. The number of likely N-dealkylation sites (tertiary alicyclic amines) is 1. The van der Waals surface area contributed by atoms with Crippen molar-refractivity contribution >= 4 is 28.1 Å². The van der Waals surface area contributed by atoms with Gasteiger partial charge in [-0.25, -0.2) is 4.98 Å². The maximum absolute atomic E-state index is 13.5. The van der Waals surface area contributed by atoms with Gasteiger partial charge < -0.3 is 15.3 Å². The molecule has 7 rings (SSSR count). The van der Waals surface area contributed by atoms with Gasteiger partial charge in [0.25, 0.3) is 5.56 Å². The minimum atomic E-state index is -1.05. The molecule has 218 valence electrons. The lowest BCUT2D eigenvalue weighted by Gasteiger charge is -2.39. The molecule has 4 aromatic rings. The summed E-state index contributed by atoms with van der Waals surface area (Å²) in [5.41, 5.74) is 4.64. The molecular weight excluding hydrogens is 544 g/mol. The van der Waals surface area contributed by atoms with Crippen LogP contribution in [0.4, 0.5) is 0 Å². The normalized spacial score (nSPS) is 20.5. The first-order valence-electron chi connectivity index (χ1n) is 15.2. The zero-order chi connectivity index (χ0) is 28.8. The maximum Gasteiger partial charge on any atom is 0.262 e. The molecule has 0 bridgehead atoms. The van der Waals surface area contributed by atoms with Crippen LogP contribution in [0, 0.1) is 5.92 Å². The van der Waals surface area contributed by atoms with Gasteiger partial charge in [0.15, 0.2) is 0 Å². The lowest BCUT2D eigenvalue weighted by atomic mass is 9.88. The van der Waals surface area contributed by atoms with Gasteiger partial charge in [0, 0.05) is 30.9 Å². The van der Waals surface area contributed by atoms with Crippen molar-refractivity contribution in [2.24, 2.45) is 5.92 Å². The highest BCUT2D eigenvalue weighted by molar-refractivity contribution is 7.15. The Morgan fingerprint density at radius 2 is 1.88 bits per heavy atom. The lowest BCUT2D eigenvalue weighted by Crippen LogP contribution is -2.49. The second-order valence-electron chi connectivity index (χ2n) is 12.5. The van der Waals surface area contributed by atoms with Gasteiger partial charge in [0.05, 0.1) is 34.3 Å². The zero-order valence-corrected chi connectivity index (χ0v) is 24.9. The van der Waals surface area contributed by atoms with Crippen LogP contribution in [0.1, 0.15) is 54.7 Å². The average molecular weight is 583 g/mol. The first-order chi connectivity index (χ1) is 20.4. The molecule has 2 aromatic carbocycles. The Morgan fingerprint density at radius 1 is 1.12 bits per heavy atom. The van der Waals surface area contributed by atoms with Crippen molar-refractivity contribution in [3.05, 3.63) is 87.3 Å². The molecular formula is C34H38N4O3S. The number of rotatable bonds is 8. The average Bonchev–Trinajstić information content (AvgIpc) is 3.61. The molecule has 2 N–H and O–H groups in total. The summed E-state index contributed by atoms with van der Waals surface area (Å²) in [6.45, 7) is 1.18. The van der Waals surface area contributed by atoms with E-state index in [1.54, 1.807) is 22.2 Å². The molecule has 8 heteroatoms. The van der Waals surface area contributed by atoms with E-state index in [4.69, 9.17) is 4.98 Å². The molecule has 1 saturated heterocycles. The standard InChI is InChI=1S/C34H38N4O3S/c1-35-27-16-24-9-10-25(15-26(24)17-27)32-31-29(19-42-32)33(40)38(21-36-31)20-34(41)11-13-37(14-12-34)30(39)18-28(23-7-8-23)22-5-3-2-4-6-22/h2-6,9-10,15,19,21,23,27-28,35,41H,7-8,11-14,16-18,20H2,1H3. The number of carbonyl (C=O) groups excluding carboxylic acids is 1. The number of hydrogen-bond acceptors (Lipinski definition) is 6. The third-order valence-electron chi connectivity index (χ3n) is 9.72. The number of aromatic nitrogens is 2. The van der Waals surface area contributed by atoms with Crippen LogP contribution in [0.15, 0.2) is 65.0 Å². The van der Waals surface area contributed by atoms with E-state index in [-0.39, 0.29) is 23.9 Å². The Labute approximate surface area is 250 Å². The van der Waals surface area contributed by atoms with Crippen LogP contribution in [-0.2, 0) is 24.2 Å². The van der Waals surface area contributed by atoms with Gasteiger partial charge in [-0.3, -0.25) is 14.2 Å². The summed E-state index contributed by atoms with van der Waals surface area (Å²) in [5, 5.41) is 17.3. The topological polar surface area (TPSA) is 87.5 Å². The van der Waals surface area contributed by atoms with Crippen LogP contribution in [0.3, 0.4) is 0 Å². The number of thiophene rings is 1. The number of fused-ring (bicyclic) bond motifs is 2. The van der Waals surface area contributed by atoms with E-state index in [0.717, 1.165) is 28.8 Å². The van der Waals surface area contributed by atoms with Gasteiger partial charge in [-0.05, 0) is 85.7 Å². The molecule has 7 nitrogen and oxygen atoms in total. The highest BCUT2D eigenvalue weighted by atomic mass is 32.1. The maximum atomic E-state index is 13.5. The van der Waals surface area contributed by atoms with Crippen molar-refractivity contribution in [1.29, 1.82) is 0 Å². The van der Waals surface area contributed by atoms with Gasteiger partial charge in [-0.2, -0.15) is 0 Å². The Balaban J connectivity index is 1.02. The Bertz CT molecular complexity index is 1670. The van der Waals surface area contributed by atoms with Crippen molar-refractivity contribution in [3.63, 3.8) is 0 Å². The monoisotopic (exact) mass is 582 g/mol. The minimum absolute atomic E-state index is 0.124. The van der Waals surface area contributed by atoms with E-state index in [1.807, 2.05) is 35.5 Å². The molecule has 2 aromatic heterocycles. The molecule has 2 fully saturated rings. The molecule has 0 radical (unpaired) electrons. The minimum Gasteiger partial charge on any atom is -0.388 e. The number of piperidine rings is 1. The third kappa shape index (κ3) is 5.32. The molecule has 3 aliphatic rings. The molecule has 2 aliphatic carbocycles. The molecule has 1 amide bonds. The fraction of sp³-hybridized carbons (Fsp3) is 0.441. The van der Waals surface area contributed by atoms with Gasteiger partial charge in [0.2, 0.25) is 5.91 Å². The Kier molecular flexibility index (Phi) is 7.24.